The van der Waals surface area contributed by atoms with Crippen LogP contribution in [0.3, 0.4) is 0 Å². The molecule has 0 aliphatic carbocycles. The summed E-state index contributed by atoms with van der Waals surface area (Å²) in [6.07, 6.45) is 0.854. The molecule has 1 atom stereocenters. The zero-order valence-corrected chi connectivity index (χ0v) is 10.8. The number of benzene rings is 1. The van der Waals surface area contributed by atoms with Gasteiger partial charge in [-0.1, -0.05) is 19.1 Å². The van der Waals surface area contributed by atoms with E-state index >= 15 is 0 Å². The van der Waals surface area contributed by atoms with Gasteiger partial charge < -0.3 is 14.6 Å². The second-order valence-corrected chi connectivity index (χ2v) is 3.88. The average molecular weight is 252 g/mol. The summed E-state index contributed by atoms with van der Waals surface area (Å²) in [5.41, 5.74) is 0.875. The smallest absolute Gasteiger partial charge is 0.141 e. The maximum atomic E-state index is 11.1. The van der Waals surface area contributed by atoms with Crippen LogP contribution in [0.25, 0.3) is 0 Å². The Hall–Kier alpha value is -1.43. The monoisotopic (exact) mass is 252 g/mol. The second-order valence-electron chi connectivity index (χ2n) is 3.88. The summed E-state index contributed by atoms with van der Waals surface area (Å²) >= 11 is 0. The third kappa shape index (κ3) is 4.10. The fraction of sp³-hybridized carbons (Fsp3) is 0.462. The van der Waals surface area contributed by atoms with Crippen LogP contribution in [-0.4, -0.2) is 43.3 Å². The Balaban J connectivity index is 2.61. The van der Waals surface area contributed by atoms with Crippen LogP contribution in [0.5, 0.6) is 5.75 Å². The van der Waals surface area contributed by atoms with Gasteiger partial charge in [0.2, 0.25) is 0 Å². The number of carbonyl (C=O) groups is 1. The van der Waals surface area contributed by atoms with E-state index in [1.165, 1.54) is 0 Å². The molecular weight excluding hydrogens is 232 g/mol. The number of aldehydes is 1. The minimum Gasteiger partial charge on any atom is -0.497 e. The van der Waals surface area contributed by atoms with Crippen LogP contribution in [0.2, 0.25) is 0 Å². The maximum Gasteiger partial charge on any atom is 0.141 e. The third-order valence-electron chi connectivity index (χ3n) is 2.79. The minimum atomic E-state index is -0.378. The van der Waals surface area contributed by atoms with Crippen LogP contribution < -0.4 is 10.1 Å². The van der Waals surface area contributed by atoms with Crippen LogP contribution in [0.4, 0.5) is 0 Å². The fourth-order valence-corrected chi connectivity index (χ4v) is 1.55. The number of methoxy groups -OCH3 is 1. The normalized spacial score (nSPS) is 12.4. The second kappa shape index (κ2) is 7.81. The van der Waals surface area contributed by atoms with Crippen molar-refractivity contribution in [3.63, 3.8) is 0 Å². The SMILES string of the molecule is CCN(CO)CNC(C=O)c1ccc(OC)cc1. The molecule has 100 valence electrons. The number of aliphatic hydroxyl groups excluding tert-OH is 1. The van der Waals surface area contributed by atoms with Gasteiger partial charge in [0.15, 0.2) is 0 Å². The standard InChI is InChI=1S/C13H20N2O3/c1-3-15(10-17)9-14-13(8-16)11-4-6-12(18-2)7-5-11/h4-8,13-14,17H,3,9-10H2,1-2H3. The van der Waals surface area contributed by atoms with E-state index in [0.717, 1.165) is 24.1 Å². The lowest BCUT2D eigenvalue weighted by Crippen LogP contribution is -2.37. The maximum absolute atomic E-state index is 11.1. The van der Waals surface area contributed by atoms with E-state index in [-0.39, 0.29) is 12.8 Å². The highest BCUT2D eigenvalue weighted by Gasteiger charge is 2.11. The van der Waals surface area contributed by atoms with Gasteiger partial charge in [-0.2, -0.15) is 0 Å². The summed E-state index contributed by atoms with van der Waals surface area (Å²) in [4.78, 5) is 12.9. The number of aliphatic hydroxyl groups is 1. The molecule has 1 unspecified atom stereocenters. The molecule has 5 heteroatoms. The van der Waals surface area contributed by atoms with Gasteiger partial charge in [-0.15, -0.1) is 0 Å². The van der Waals surface area contributed by atoms with Crippen molar-refractivity contribution in [3.8, 4) is 5.75 Å². The molecule has 0 aliphatic rings. The van der Waals surface area contributed by atoms with Crippen molar-refractivity contribution in [1.82, 2.24) is 10.2 Å². The first kappa shape index (κ1) is 14.6. The first-order valence-corrected chi connectivity index (χ1v) is 5.91. The van der Waals surface area contributed by atoms with Gasteiger partial charge in [-0.05, 0) is 24.2 Å². The molecule has 0 aliphatic heterocycles. The van der Waals surface area contributed by atoms with Crippen molar-refractivity contribution in [2.45, 2.75) is 13.0 Å². The molecule has 0 aromatic heterocycles. The Morgan fingerprint density at radius 2 is 2.11 bits per heavy atom. The van der Waals surface area contributed by atoms with E-state index in [4.69, 9.17) is 9.84 Å². The average Bonchev–Trinajstić information content (AvgIpc) is 2.44. The first-order chi connectivity index (χ1) is 8.74. The highest BCUT2D eigenvalue weighted by atomic mass is 16.5. The molecule has 1 aromatic rings. The van der Waals surface area contributed by atoms with E-state index in [9.17, 15) is 4.79 Å². The molecule has 1 rings (SSSR count). The Bertz CT molecular complexity index is 350. The molecule has 0 radical (unpaired) electrons. The fourth-order valence-electron chi connectivity index (χ4n) is 1.55. The number of ether oxygens (including phenoxy) is 1. The van der Waals surface area contributed by atoms with Gasteiger partial charge in [-0.25, -0.2) is 0 Å². The largest absolute Gasteiger partial charge is 0.497 e. The molecule has 0 spiro atoms. The number of hydrogen-bond acceptors (Lipinski definition) is 5. The molecule has 0 fully saturated rings. The Labute approximate surface area is 107 Å². The number of nitrogens with one attached hydrogen (secondary N) is 1. The van der Waals surface area contributed by atoms with E-state index in [1.807, 2.05) is 31.2 Å². The highest BCUT2D eigenvalue weighted by Crippen LogP contribution is 2.16. The quantitative estimate of drug-likeness (QED) is 0.528. The summed E-state index contributed by atoms with van der Waals surface area (Å²) in [5, 5.41) is 12.1. The van der Waals surface area contributed by atoms with Gasteiger partial charge in [0.25, 0.3) is 0 Å². The third-order valence-corrected chi connectivity index (χ3v) is 2.79. The molecule has 0 heterocycles. The molecule has 0 amide bonds. The van der Waals surface area contributed by atoms with E-state index < -0.39 is 0 Å². The minimum absolute atomic E-state index is 0.0301. The summed E-state index contributed by atoms with van der Waals surface area (Å²) < 4.78 is 5.07. The Kier molecular flexibility index (Phi) is 6.35. The lowest BCUT2D eigenvalue weighted by molar-refractivity contribution is -0.110. The zero-order chi connectivity index (χ0) is 13.4. The lowest BCUT2D eigenvalue weighted by Gasteiger charge is -2.21. The van der Waals surface area contributed by atoms with Crippen molar-refractivity contribution in [3.05, 3.63) is 29.8 Å². The van der Waals surface area contributed by atoms with Gasteiger partial charge in [0.05, 0.1) is 26.6 Å². The van der Waals surface area contributed by atoms with Gasteiger partial charge in [-0.3, -0.25) is 10.2 Å². The van der Waals surface area contributed by atoms with Crippen molar-refractivity contribution in [1.29, 1.82) is 0 Å². The Morgan fingerprint density at radius 1 is 1.44 bits per heavy atom. The highest BCUT2D eigenvalue weighted by molar-refractivity contribution is 5.61. The van der Waals surface area contributed by atoms with Crippen LogP contribution in [0, 0.1) is 0 Å². The van der Waals surface area contributed by atoms with Crippen LogP contribution >= 0.6 is 0 Å². The number of rotatable bonds is 8. The first-order valence-electron chi connectivity index (χ1n) is 5.91. The van der Waals surface area contributed by atoms with Crippen molar-refractivity contribution < 1.29 is 14.6 Å². The number of carbonyl (C=O) groups excluding carboxylic acids is 1. The molecule has 5 nitrogen and oxygen atoms in total. The molecular formula is C13H20N2O3. The number of nitrogens with zero attached hydrogens (tertiary/aromatic N) is 1. The summed E-state index contributed by atoms with van der Waals surface area (Å²) in [6, 6.07) is 6.95. The number of hydrogen-bond donors (Lipinski definition) is 2. The Morgan fingerprint density at radius 3 is 2.56 bits per heavy atom. The lowest BCUT2D eigenvalue weighted by atomic mass is 10.1. The van der Waals surface area contributed by atoms with Crippen LogP contribution in [0.1, 0.15) is 18.5 Å². The molecule has 0 saturated heterocycles. The van der Waals surface area contributed by atoms with Gasteiger partial charge >= 0.3 is 0 Å². The summed E-state index contributed by atoms with van der Waals surface area (Å²) in [6.45, 7) is 3.10. The van der Waals surface area contributed by atoms with Gasteiger partial charge in [0, 0.05) is 0 Å². The zero-order valence-electron chi connectivity index (χ0n) is 10.8. The summed E-state index contributed by atoms with van der Waals surface area (Å²) in [5.74, 6) is 0.758. The topological polar surface area (TPSA) is 61.8 Å². The van der Waals surface area contributed by atoms with Crippen molar-refractivity contribution >= 4 is 6.29 Å². The predicted octanol–water partition coefficient (Wildman–Crippen LogP) is 0.754. The molecule has 0 bridgehead atoms. The van der Waals surface area contributed by atoms with Crippen molar-refractivity contribution in [2.24, 2.45) is 0 Å². The van der Waals surface area contributed by atoms with Crippen LogP contribution in [-0.2, 0) is 4.79 Å². The summed E-state index contributed by atoms with van der Waals surface area (Å²) in [7, 11) is 1.60. The molecule has 0 saturated carbocycles. The van der Waals surface area contributed by atoms with E-state index in [2.05, 4.69) is 5.32 Å². The van der Waals surface area contributed by atoms with Crippen LogP contribution in [0.15, 0.2) is 24.3 Å². The molecule has 1 aromatic carbocycles. The molecule has 18 heavy (non-hydrogen) atoms. The van der Waals surface area contributed by atoms with Gasteiger partial charge in [0.1, 0.15) is 12.0 Å². The predicted molar refractivity (Wildman–Crippen MR) is 69.3 cm³/mol. The van der Waals surface area contributed by atoms with Crippen molar-refractivity contribution in [2.75, 3.05) is 27.1 Å². The molecule has 2 N–H and O–H groups in total. The van der Waals surface area contributed by atoms with E-state index in [0.29, 0.717) is 6.67 Å². The van der Waals surface area contributed by atoms with E-state index in [1.54, 1.807) is 12.0 Å².